The summed E-state index contributed by atoms with van der Waals surface area (Å²) in [5, 5.41) is 0. The number of nitrogens with one attached hydrogen (secondary N) is 1. The minimum Gasteiger partial charge on any atom is -0.210 e. The van der Waals surface area contributed by atoms with E-state index < -0.39 is 10.0 Å². The Labute approximate surface area is 137 Å². The van der Waals surface area contributed by atoms with Crippen molar-refractivity contribution in [3.63, 3.8) is 0 Å². The number of hydrogen-bond acceptors (Lipinski definition) is 2. The molecule has 0 spiro atoms. The van der Waals surface area contributed by atoms with Crippen molar-refractivity contribution < 1.29 is 8.42 Å². The van der Waals surface area contributed by atoms with Gasteiger partial charge < -0.3 is 0 Å². The number of alkyl halides is 1. The summed E-state index contributed by atoms with van der Waals surface area (Å²) in [6.45, 7) is 8.93. The summed E-state index contributed by atoms with van der Waals surface area (Å²) in [6.07, 6.45) is 2.94. The van der Waals surface area contributed by atoms with Gasteiger partial charge in [-0.1, -0.05) is 62.2 Å². The number of sulfonamides is 1. The maximum absolute atomic E-state index is 12.2. The summed E-state index contributed by atoms with van der Waals surface area (Å²) in [7, 11) is -3.42. The molecule has 0 fully saturated rings. The Morgan fingerprint density at radius 2 is 1.76 bits per heavy atom. The highest BCUT2D eigenvalue weighted by molar-refractivity contribution is 9.09. The zero-order valence-corrected chi connectivity index (χ0v) is 15.7. The van der Waals surface area contributed by atoms with Crippen LogP contribution in [0.25, 0.3) is 0 Å². The van der Waals surface area contributed by atoms with Gasteiger partial charge in [0.15, 0.2) is 0 Å². The van der Waals surface area contributed by atoms with Crippen LogP contribution in [0.3, 0.4) is 0 Å². The minimum absolute atomic E-state index is 0.131. The Morgan fingerprint density at radius 1 is 1.19 bits per heavy atom. The van der Waals surface area contributed by atoms with Gasteiger partial charge in [0.2, 0.25) is 10.0 Å². The Kier molecular flexibility index (Phi) is 6.88. The van der Waals surface area contributed by atoms with Gasteiger partial charge in [-0.2, -0.15) is 0 Å². The summed E-state index contributed by atoms with van der Waals surface area (Å²) in [6, 6.07) is 7.14. The molecule has 0 heterocycles. The van der Waals surface area contributed by atoms with Crippen molar-refractivity contribution in [2.45, 2.75) is 56.7 Å². The fourth-order valence-electron chi connectivity index (χ4n) is 2.14. The topological polar surface area (TPSA) is 46.2 Å². The van der Waals surface area contributed by atoms with E-state index in [1.807, 2.05) is 12.1 Å². The molecule has 0 bridgehead atoms. The number of halogens is 1. The third-order valence-corrected chi connectivity index (χ3v) is 5.19. The molecular formula is C16H26BrNO2S. The predicted molar refractivity (Wildman–Crippen MR) is 92.4 cm³/mol. The van der Waals surface area contributed by atoms with Crippen LogP contribution >= 0.6 is 15.9 Å². The van der Waals surface area contributed by atoms with E-state index in [2.05, 4.69) is 48.3 Å². The van der Waals surface area contributed by atoms with Crippen molar-refractivity contribution in [3.05, 3.63) is 29.8 Å². The summed E-state index contributed by atoms with van der Waals surface area (Å²) >= 11 is 3.54. The zero-order chi connectivity index (χ0) is 16.1. The normalized spacial score (nSPS) is 14.1. The lowest BCUT2D eigenvalue weighted by atomic mass is 9.91. The van der Waals surface area contributed by atoms with Crippen molar-refractivity contribution >= 4 is 26.0 Å². The van der Waals surface area contributed by atoms with E-state index in [4.69, 9.17) is 0 Å². The van der Waals surface area contributed by atoms with Crippen LogP contribution in [-0.2, 0) is 16.4 Å². The molecule has 0 aromatic heterocycles. The number of hydrogen-bond donors (Lipinski definition) is 1. The molecule has 0 saturated heterocycles. The van der Waals surface area contributed by atoms with Gasteiger partial charge in [-0.15, -0.1) is 0 Å². The largest absolute Gasteiger partial charge is 0.240 e. The van der Waals surface area contributed by atoms with E-state index in [9.17, 15) is 8.42 Å². The zero-order valence-electron chi connectivity index (χ0n) is 13.3. The van der Waals surface area contributed by atoms with Crippen molar-refractivity contribution in [3.8, 4) is 0 Å². The second kappa shape index (κ2) is 7.75. The van der Waals surface area contributed by atoms with E-state index in [1.54, 1.807) is 12.1 Å². The summed E-state index contributed by atoms with van der Waals surface area (Å²) < 4.78 is 27.2. The van der Waals surface area contributed by atoms with E-state index in [0.717, 1.165) is 19.3 Å². The average molecular weight is 376 g/mol. The van der Waals surface area contributed by atoms with Crippen LogP contribution in [0.15, 0.2) is 29.2 Å². The summed E-state index contributed by atoms with van der Waals surface area (Å²) in [5.41, 5.74) is 1.34. The average Bonchev–Trinajstić information content (AvgIpc) is 2.36. The van der Waals surface area contributed by atoms with Gasteiger partial charge in [0, 0.05) is 11.4 Å². The Bertz CT molecular complexity index is 532. The molecule has 1 N–H and O–H groups in total. The van der Waals surface area contributed by atoms with Crippen molar-refractivity contribution in [2.75, 3.05) is 6.54 Å². The molecule has 1 atom stereocenters. The molecule has 3 nitrogen and oxygen atoms in total. The quantitative estimate of drug-likeness (QED) is 0.728. The van der Waals surface area contributed by atoms with E-state index in [1.165, 1.54) is 5.56 Å². The molecule has 1 aromatic rings. The van der Waals surface area contributed by atoms with Crippen molar-refractivity contribution in [2.24, 2.45) is 5.41 Å². The molecule has 0 aliphatic carbocycles. The maximum Gasteiger partial charge on any atom is 0.240 e. The first kappa shape index (κ1) is 18.7. The van der Waals surface area contributed by atoms with Gasteiger partial charge in [0.05, 0.1) is 4.90 Å². The first-order valence-electron chi connectivity index (χ1n) is 7.37. The number of aryl methyl sites for hydroxylation is 1. The van der Waals surface area contributed by atoms with E-state index >= 15 is 0 Å². The maximum atomic E-state index is 12.2. The highest BCUT2D eigenvalue weighted by atomic mass is 79.9. The van der Waals surface area contributed by atoms with Gasteiger partial charge in [-0.25, -0.2) is 13.1 Å². The molecule has 1 rings (SSSR count). The first-order chi connectivity index (χ1) is 9.64. The van der Waals surface area contributed by atoms with E-state index in [-0.39, 0.29) is 10.2 Å². The van der Waals surface area contributed by atoms with Crippen LogP contribution in [0.1, 0.15) is 46.1 Å². The summed E-state index contributed by atoms with van der Waals surface area (Å²) in [5.74, 6) is 0. The Morgan fingerprint density at radius 3 is 2.24 bits per heavy atom. The molecule has 1 aromatic carbocycles. The number of benzene rings is 1. The summed E-state index contributed by atoms with van der Waals surface area (Å²) in [4.78, 5) is 0.462. The Balaban J connectivity index is 2.65. The third-order valence-electron chi connectivity index (χ3n) is 3.10. The van der Waals surface area contributed by atoms with Gasteiger partial charge in [-0.3, -0.25) is 0 Å². The molecule has 0 saturated carbocycles. The smallest absolute Gasteiger partial charge is 0.210 e. The molecule has 0 amide bonds. The van der Waals surface area contributed by atoms with Crippen LogP contribution < -0.4 is 4.72 Å². The first-order valence-corrected chi connectivity index (χ1v) is 9.76. The third kappa shape index (κ3) is 6.94. The van der Waals surface area contributed by atoms with Crippen molar-refractivity contribution in [1.82, 2.24) is 4.72 Å². The van der Waals surface area contributed by atoms with Crippen LogP contribution in [0.4, 0.5) is 0 Å². The highest BCUT2D eigenvalue weighted by Crippen LogP contribution is 2.24. The van der Waals surface area contributed by atoms with Gasteiger partial charge >= 0.3 is 0 Å². The standard InChI is InChI=1S/C16H26BrNO2S/c1-5-6-13-7-9-15(10-8-13)21(19,20)18-12-14(17)11-16(2,3)4/h7-10,14,18H,5-6,11-12H2,1-4H3. The molecular weight excluding hydrogens is 350 g/mol. The molecule has 5 heteroatoms. The second-order valence-corrected chi connectivity index (χ2v) is 9.67. The van der Waals surface area contributed by atoms with Crippen molar-refractivity contribution in [1.29, 1.82) is 0 Å². The minimum atomic E-state index is -3.42. The van der Waals surface area contributed by atoms with E-state index in [0.29, 0.717) is 11.4 Å². The lowest BCUT2D eigenvalue weighted by Crippen LogP contribution is -2.31. The molecule has 21 heavy (non-hydrogen) atoms. The lowest BCUT2D eigenvalue weighted by molar-refractivity contribution is 0.373. The lowest BCUT2D eigenvalue weighted by Gasteiger charge is -2.22. The predicted octanol–water partition coefficient (Wildman–Crippen LogP) is 4.12. The van der Waals surface area contributed by atoms with Gasteiger partial charge in [0.1, 0.15) is 0 Å². The fraction of sp³-hybridized carbons (Fsp3) is 0.625. The molecule has 0 radical (unpaired) electrons. The molecule has 0 aliphatic rings. The Hall–Kier alpha value is -0.390. The fourth-order valence-corrected chi connectivity index (χ4v) is 4.57. The highest BCUT2D eigenvalue weighted by Gasteiger charge is 2.19. The van der Waals surface area contributed by atoms with Crippen LogP contribution in [0.5, 0.6) is 0 Å². The molecule has 1 unspecified atom stereocenters. The monoisotopic (exact) mass is 375 g/mol. The second-order valence-electron chi connectivity index (χ2n) is 6.61. The SMILES string of the molecule is CCCc1ccc(S(=O)(=O)NCC(Br)CC(C)(C)C)cc1. The molecule has 0 aliphatic heterocycles. The number of rotatable bonds is 7. The van der Waals surface area contributed by atoms with Gasteiger partial charge in [0.25, 0.3) is 0 Å². The van der Waals surface area contributed by atoms with Gasteiger partial charge in [-0.05, 0) is 36.0 Å². The van der Waals surface area contributed by atoms with Crippen LogP contribution in [-0.4, -0.2) is 19.8 Å². The van der Waals surface area contributed by atoms with Crippen LogP contribution in [0, 0.1) is 5.41 Å². The molecule has 120 valence electrons. The van der Waals surface area contributed by atoms with Crippen LogP contribution in [0.2, 0.25) is 0 Å².